The molecule has 0 aromatic heterocycles. The smallest absolute Gasteiger partial charge is 0.231 e. The molecule has 1 aliphatic heterocycles. The van der Waals surface area contributed by atoms with E-state index in [-0.39, 0.29) is 0 Å². The maximum atomic E-state index is 5.72. The zero-order chi connectivity index (χ0) is 11.0. The first kappa shape index (κ1) is 9.97. The molecule has 0 radical (unpaired) electrons. The summed E-state index contributed by atoms with van der Waals surface area (Å²) in [5.74, 6) is 1.76. The Morgan fingerprint density at radius 2 is 2.00 bits per heavy atom. The van der Waals surface area contributed by atoms with Crippen molar-refractivity contribution in [1.82, 2.24) is 0 Å². The maximum Gasteiger partial charge on any atom is 0.231 e. The molecule has 2 aliphatic rings. The lowest BCUT2D eigenvalue weighted by molar-refractivity contribution is 0.173. The molecular weight excluding hydrogens is 202 g/mol. The van der Waals surface area contributed by atoms with Crippen LogP contribution in [0, 0.1) is 0 Å². The Labute approximate surface area is 95.5 Å². The van der Waals surface area contributed by atoms with Crippen LogP contribution in [-0.4, -0.2) is 13.3 Å². The van der Waals surface area contributed by atoms with Gasteiger partial charge in [-0.3, -0.25) is 0 Å². The van der Waals surface area contributed by atoms with Gasteiger partial charge in [-0.2, -0.15) is 0 Å². The molecule has 2 N–H and O–H groups in total. The van der Waals surface area contributed by atoms with Crippen LogP contribution >= 0.6 is 0 Å². The number of rotatable bonds is 3. The molecule has 0 unspecified atom stereocenters. The van der Waals surface area contributed by atoms with Crippen molar-refractivity contribution < 1.29 is 9.47 Å². The lowest BCUT2D eigenvalue weighted by Gasteiger charge is -2.42. The highest BCUT2D eigenvalue weighted by Gasteiger charge is 2.38. The molecule has 3 rings (SSSR count). The highest BCUT2D eigenvalue weighted by atomic mass is 16.7. The molecule has 86 valence electrons. The molecule has 1 fully saturated rings. The number of nitrogens with two attached hydrogens (primary N) is 1. The molecular formula is C13H17NO2. The van der Waals surface area contributed by atoms with E-state index in [9.17, 15) is 0 Å². The van der Waals surface area contributed by atoms with Gasteiger partial charge in [0.2, 0.25) is 6.79 Å². The number of benzene rings is 1. The van der Waals surface area contributed by atoms with Crippen LogP contribution in [0.3, 0.4) is 0 Å². The Kier molecular flexibility index (Phi) is 2.28. The number of hydrogen-bond donors (Lipinski definition) is 1. The zero-order valence-corrected chi connectivity index (χ0v) is 9.37. The lowest BCUT2D eigenvalue weighted by Crippen LogP contribution is -2.36. The molecule has 3 nitrogen and oxygen atoms in total. The first-order valence-electron chi connectivity index (χ1n) is 5.94. The zero-order valence-electron chi connectivity index (χ0n) is 9.37. The fourth-order valence-corrected chi connectivity index (χ4v) is 2.79. The highest BCUT2D eigenvalue weighted by Crippen LogP contribution is 2.48. The second-order valence-electron chi connectivity index (χ2n) is 4.74. The van der Waals surface area contributed by atoms with Gasteiger partial charge in [-0.15, -0.1) is 0 Å². The summed E-state index contributed by atoms with van der Waals surface area (Å²) in [7, 11) is 0. The third-order valence-electron chi connectivity index (χ3n) is 3.92. The average Bonchev–Trinajstić information content (AvgIpc) is 2.70. The summed E-state index contributed by atoms with van der Waals surface area (Å²) in [5, 5.41) is 0. The Morgan fingerprint density at radius 3 is 2.69 bits per heavy atom. The second kappa shape index (κ2) is 3.67. The van der Waals surface area contributed by atoms with Crippen molar-refractivity contribution >= 4 is 0 Å². The Bertz CT molecular complexity index is 399. The van der Waals surface area contributed by atoms with E-state index < -0.39 is 0 Å². The molecule has 16 heavy (non-hydrogen) atoms. The summed E-state index contributed by atoms with van der Waals surface area (Å²) in [6, 6.07) is 6.33. The van der Waals surface area contributed by atoms with E-state index in [1.807, 2.05) is 6.07 Å². The minimum absolute atomic E-state index is 0.315. The summed E-state index contributed by atoms with van der Waals surface area (Å²) in [5.41, 5.74) is 7.40. The van der Waals surface area contributed by atoms with Crippen molar-refractivity contribution in [2.45, 2.75) is 31.1 Å². The average molecular weight is 219 g/mol. The third kappa shape index (κ3) is 1.39. The van der Waals surface area contributed by atoms with Gasteiger partial charge in [0, 0.05) is 0 Å². The van der Waals surface area contributed by atoms with Crippen LogP contribution in [0.5, 0.6) is 11.5 Å². The van der Waals surface area contributed by atoms with Gasteiger partial charge >= 0.3 is 0 Å². The van der Waals surface area contributed by atoms with Crippen LogP contribution in [-0.2, 0) is 5.41 Å². The first-order chi connectivity index (χ1) is 7.84. The Morgan fingerprint density at radius 1 is 1.19 bits per heavy atom. The van der Waals surface area contributed by atoms with E-state index in [4.69, 9.17) is 15.2 Å². The molecule has 1 heterocycles. The summed E-state index contributed by atoms with van der Waals surface area (Å²) in [6.45, 7) is 1.11. The van der Waals surface area contributed by atoms with Gasteiger partial charge in [0.15, 0.2) is 11.5 Å². The molecule has 1 aromatic rings. The minimum atomic E-state index is 0.315. The first-order valence-corrected chi connectivity index (χ1v) is 5.94. The number of ether oxygens (including phenoxy) is 2. The Hall–Kier alpha value is -1.22. The topological polar surface area (TPSA) is 44.5 Å². The van der Waals surface area contributed by atoms with Crippen LogP contribution in [0.1, 0.15) is 31.2 Å². The van der Waals surface area contributed by atoms with E-state index >= 15 is 0 Å². The van der Waals surface area contributed by atoms with Crippen molar-refractivity contribution in [2.24, 2.45) is 5.73 Å². The third-order valence-corrected chi connectivity index (χ3v) is 3.92. The maximum absolute atomic E-state index is 5.72. The molecule has 0 spiro atoms. The van der Waals surface area contributed by atoms with Crippen molar-refractivity contribution in [1.29, 1.82) is 0 Å². The minimum Gasteiger partial charge on any atom is -0.454 e. The number of hydrogen-bond acceptors (Lipinski definition) is 3. The Balaban J connectivity index is 1.93. The van der Waals surface area contributed by atoms with E-state index in [1.54, 1.807) is 0 Å². The van der Waals surface area contributed by atoms with E-state index in [0.717, 1.165) is 24.5 Å². The van der Waals surface area contributed by atoms with Crippen LogP contribution in [0.25, 0.3) is 0 Å². The van der Waals surface area contributed by atoms with Gasteiger partial charge in [-0.1, -0.05) is 12.5 Å². The standard InChI is InChI=1S/C13H17NO2/c14-7-6-13(4-1-5-13)10-2-3-11-12(8-10)16-9-15-11/h2-3,8H,1,4-7,9,14H2. The molecule has 0 amide bonds. The molecule has 0 bridgehead atoms. The summed E-state index contributed by atoms with van der Waals surface area (Å²) < 4.78 is 10.8. The monoisotopic (exact) mass is 219 g/mol. The normalized spacial score (nSPS) is 20.6. The highest BCUT2D eigenvalue weighted by molar-refractivity contribution is 5.47. The van der Waals surface area contributed by atoms with Crippen molar-refractivity contribution in [3.63, 3.8) is 0 Å². The van der Waals surface area contributed by atoms with Gasteiger partial charge in [0.1, 0.15) is 0 Å². The van der Waals surface area contributed by atoms with Crippen molar-refractivity contribution in [3.8, 4) is 11.5 Å². The van der Waals surface area contributed by atoms with Crippen LogP contribution in [0.4, 0.5) is 0 Å². The van der Waals surface area contributed by atoms with E-state index in [2.05, 4.69) is 12.1 Å². The largest absolute Gasteiger partial charge is 0.454 e. The van der Waals surface area contributed by atoms with Gasteiger partial charge in [-0.25, -0.2) is 0 Å². The lowest BCUT2D eigenvalue weighted by atomic mass is 9.62. The fraction of sp³-hybridized carbons (Fsp3) is 0.538. The van der Waals surface area contributed by atoms with Gasteiger partial charge < -0.3 is 15.2 Å². The molecule has 1 aromatic carbocycles. The molecule has 3 heteroatoms. The fourth-order valence-electron chi connectivity index (χ4n) is 2.79. The van der Waals surface area contributed by atoms with Crippen LogP contribution in [0.2, 0.25) is 0 Å². The number of fused-ring (bicyclic) bond motifs is 1. The quantitative estimate of drug-likeness (QED) is 0.847. The summed E-state index contributed by atoms with van der Waals surface area (Å²) in [6.07, 6.45) is 4.90. The van der Waals surface area contributed by atoms with Crippen molar-refractivity contribution in [2.75, 3.05) is 13.3 Å². The summed E-state index contributed by atoms with van der Waals surface area (Å²) >= 11 is 0. The van der Waals surface area contributed by atoms with Gasteiger partial charge in [0.25, 0.3) is 0 Å². The second-order valence-corrected chi connectivity index (χ2v) is 4.74. The van der Waals surface area contributed by atoms with Gasteiger partial charge in [-0.05, 0) is 48.9 Å². The molecule has 1 saturated carbocycles. The SMILES string of the molecule is NCCC1(c2ccc3c(c2)OCO3)CCC1. The van der Waals surface area contributed by atoms with E-state index in [1.165, 1.54) is 24.8 Å². The predicted molar refractivity (Wildman–Crippen MR) is 61.8 cm³/mol. The van der Waals surface area contributed by atoms with Crippen molar-refractivity contribution in [3.05, 3.63) is 23.8 Å². The predicted octanol–water partition coefficient (Wildman–Crippen LogP) is 2.19. The molecule has 1 aliphatic carbocycles. The summed E-state index contributed by atoms with van der Waals surface area (Å²) in [4.78, 5) is 0. The molecule has 0 atom stereocenters. The van der Waals surface area contributed by atoms with Gasteiger partial charge in [0.05, 0.1) is 0 Å². The molecule has 0 saturated heterocycles. The van der Waals surface area contributed by atoms with Crippen LogP contribution < -0.4 is 15.2 Å². The van der Waals surface area contributed by atoms with E-state index in [0.29, 0.717) is 12.2 Å². The van der Waals surface area contributed by atoms with Crippen LogP contribution in [0.15, 0.2) is 18.2 Å².